The first kappa shape index (κ1) is 15.5. The van der Waals surface area contributed by atoms with Gasteiger partial charge >= 0.3 is 0 Å². The fourth-order valence-electron chi connectivity index (χ4n) is 2.19. The van der Waals surface area contributed by atoms with Crippen LogP contribution in [-0.4, -0.2) is 36.2 Å². The minimum absolute atomic E-state index is 0.0112. The van der Waals surface area contributed by atoms with Crippen molar-refractivity contribution in [3.05, 3.63) is 53.6 Å². The Morgan fingerprint density at radius 3 is 2.67 bits per heavy atom. The van der Waals surface area contributed by atoms with Gasteiger partial charge in [-0.15, -0.1) is 0 Å². The highest BCUT2D eigenvalue weighted by Gasteiger charge is 2.06. The fraction of sp³-hybridized carbons (Fsp3) is 0.125. The number of benzene rings is 1. The Morgan fingerprint density at radius 1 is 1.12 bits per heavy atom. The van der Waals surface area contributed by atoms with Crippen molar-refractivity contribution in [3.63, 3.8) is 0 Å². The van der Waals surface area contributed by atoms with E-state index in [2.05, 4.69) is 25.6 Å². The molecule has 0 atom stereocenters. The molecule has 3 N–H and O–H groups in total. The fourth-order valence-corrected chi connectivity index (χ4v) is 2.19. The number of hydrogen-bond donors (Lipinski definition) is 3. The highest BCUT2D eigenvalue weighted by molar-refractivity contribution is 5.84. The second kappa shape index (κ2) is 6.37. The van der Waals surface area contributed by atoms with Gasteiger partial charge in [0.15, 0.2) is 11.6 Å². The van der Waals surface area contributed by atoms with Crippen LogP contribution < -0.4 is 5.43 Å². The molecule has 0 unspecified atom stereocenters. The third-order valence-electron chi connectivity index (χ3n) is 3.28. The van der Waals surface area contributed by atoms with Crippen LogP contribution in [0.4, 0.5) is 5.82 Å². The highest BCUT2D eigenvalue weighted by Crippen LogP contribution is 2.21. The number of phenolic OH excluding ortho intramolecular Hbond substituents is 2. The maximum absolute atomic E-state index is 9.70. The van der Waals surface area contributed by atoms with Crippen LogP contribution in [0.5, 0.6) is 11.5 Å². The topological polar surface area (TPSA) is 108 Å². The zero-order valence-electron chi connectivity index (χ0n) is 13.2. The van der Waals surface area contributed by atoms with E-state index < -0.39 is 0 Å². The van der Waals surface area contributed by atoms with E-state index in [4.69, 9.17) is 0 Å². The van der Waals surface area contributed by atoms with Gasteiger partial charge in [-0.25, -0.2) is 14.6 Å². The summed E-state index contributed by atoms with van der Waals surface area (Å²) in [4.78, 5) is 8.29. The molecule has 122 valence electrons. The molecule has 3 rings (SSSR count). The van der Waals surface area contributed by atoms with E-state index in [1.807, 2.05) is 19.9 Å². The summed E-state index contributed by atoms with van der Waals surface area (Å²) in [6, 6.07) is 7.94. The zero-order chi connectivity index (χ0) is 17.1. The first-order chi connectivity index (χ1) is 11.5. The first-order valence-electron chi connectivity index (χ1n) is 7.19. The van der Waals surface area contributed by atoms with Crippen molar-refractivity contribution >= 4 is 12.0 Å². The summed E-state index contributed by atoms with van der Waals surface area (Å²) in [5.41, 5.74) is 5.11. The van der Waals surface area contributed by atoms with Crippen LogP contribution >= 0.6 is 0 Å². The molecule has 1 aromatic carbocycles. The number of nitrogens with zero attached hydrogens (tertiary/aromatic N) is 5. The Morgan fingerprint density at radius 2 is 1.96 bits per heavy atom. The molecule has 0 saturated heterocycles. The minimum Gasteiger partial charge on any atom is -0.508 e. The van der Waals surface area contributed by atoms with Gasteiger partial charge in [-0.3, -0.25) is 5.43 Å². The normalized spacial score (nSPS) is 11.1. The quantitative estimate of drug-likeness (QED) is 0.501. The van der Waals surface area contributed by atoms with Crippen LogP contribution in [0.1, 0.15) is 17.0 Å². The molecule has 0 radical (unpaired) electrons. The molecule has 8 heteroatoms. The summed E-state index contributed by atoms with van der Waals surface area (Å²) < 4.78 is 1.72. The zero-order valence-corrected chi connectivity index (χ0v) is 13.2. The summed E-state index contributed by atoms with van der Waals surface area (Å²) >= 11 is 0. The van der Waals surface area contributed by atoms with Crippen molar-refractivity contribution in [3.8, 4) is 17.3 Å². The third-order valence-corrected chi connectivity index (χ3v) is 3.28. The van der Waals surface area contributed by atoms with E-state index >= 15 is 0 Å². The van der Waals surface area contributed by atoms with Gasteiger partial charge in [-0.1, -0.05) is 0 Å². The van der Waals surface area contributed by atoms with Crippen molar-refractivity contribution in [2.45, 2.75) is 13.8 Å². The maximum atomic E-state index is 9.70. The maximum Gasteiger partial charge on any atom is 0.159 e. The molecule has 2 heterocycles. The molecule has 0 aliphatic carbocycles. The van der Waals surface area contributed by atoms with Gasteiger partial charge < -0.3 is 10.2 Å². The summed E-state index contributed by atoms with van der Waals surface area (Å²) in [7, 11) is 0. The summed E-state index contributed by atoms with van der Waals surface area (Å²) in [5.74, 6) is 1.04. The lowest BCUT2D eigenvalue weighted by Crippen LogP contribution is -2.04. The lowest BCUT2D eigenvalue weighted by atomic mass is 10.2. The second-order valence-corrected chi connectivity index (χ2v) is 5.21. The molecule has 0 fully saturated rings. The smallest absolute Gasteiger partial charge is 0.159 e. The van der Waals surface area contributed by atoms with Gasteiger partial charge in [0.1, 0.15) is 17.8 Å². The number of aryl methyl sites for hydroxylation is 2. The van der Waals surface area contributed by atoms with Crippen molar-refractivity contribution in [1.29, 1.82) is 0 Å². The third kappa shape index (κ3) is 3.32. The average Bonchev–Trinajstić information content (AvgIpc) is 2.88. The molecular formula is C16H16N6O2. The number of nitrogens with one attached hydrogen (secondary N) is 1. The standard InChI is InChI=1S/C16H16N6O2/c1-10-5-11(2)22(21-10)16-7-15(17-9-18-16)20-19-8-12-3-4-13(23)6-14(12)24/h3-9,23-24H,1-2H3,(H,17,18,20)/b19-8-. The van der Waals surface area contributed by atoms with Crippen LogP contribution in [-0.2, 0) is 0 Å². The van der Waals surface area contributed by atoms with Crippen molar-refractivity contribution in [1.82, 2.24) is 19.7 Å². The lowest BCUT2D eigenvalue weighted by Gasteiger charge is -2.05. The summed E-state index contributed by atoms with van der Waals surface area (Å²) in [6.45, 7) is 3.86. The number of aromatic nitrogens is 4. The number of anilines is 1. The van der Waals surface area contributed by atoms with Crippen LogP contribution in [0.15, 0.2) is 41.8 Å². The predicted octanol–water partition coefficient (Wildman–Crippen LogP) is 2.14. The van der Waals surface area contributed by atoms with Crippen LogP contribution in [0, 0.1) is 13.8 Å². The molecule has 0 amide bonds. The van der Waals surface area contributed by atoms with E-state index in [-0.39, 0.29) is 11.5 Å². The second-order valence-electron chi connectivity index (χ2n) is 5.21. The number of rotatable bonds is 4. The van der Waals surface area contributed by atoms with E-state index in [0.717, 1.165) is 11.4 Å². The molecule has 0 spiro atoms. The number of hydrogen-bond acceptors (Lipinski definition) is 7. The molecule has 24 heavy (non-hydrogen) atoms. The molecule has 2 aromatic heterocycles. The van der Waals surface area contributed by atoms with Gasteiger partial charge in [0.2, 0.25) is 0 Å². The SMILES string of the molecule is Cc1cc(C)n(-c2cc(N/N=C\c3ccc(O)cc3O)ncn2)n1. The van der Waals surface area contributed by atoms with Crippen LogP contribution in [0.3, 0.4) is 0 Å². The molecule has 0 bridgehead atoms. The van der Waals surface area contributed by atoms with E-state index in [9.17, 15) is 10.2 Å². The molecule has 8 nitrogen and oxygen atoms in total. The average molecular weight is 324 g/mol. The molecule has 3 aromatic rings. The summed E-state index contributed by atoms with van der Waals surface area (Å²) in [6.07, 6.45) is 2.85. The van der Waals surface area contributed by atoms with Gasteiger partial charge in [0, 0.05) is 23.4 Å². The van der Waals surface area contributed by atoms with Crippen molar-refractivity contribution in [2.24, 2.45) is 5.10 Å². The van der Waals surface area contributed by atoms with E-state index in [1.165, 1.54) is 24.7 Å². The number of hydrazone groups is 1. The van der Waals surface area contributed by atoms with Gasteiger partial charge in [-0.2, -0.15) is 10.2 Å². The lowest BCUT2D eigenvalue weighted by molar-refractivity contribution is 0.450. The van der Waals surface area contributed by atoms with Crippen molar-refractivity contribution in [2.75, 3.05) is 5.43 Å². The highest BCUT2D eigenvalue weighted by atomic mass is 16.3. The summed E-state index contributed by atoms with van der Waals surface area (Å²) in [5, 5.41) is 27.4. The van der Waals surface area contributed by atoms with E-state index in [0.29, 0.717) is 17.2 Å². The minimum atomic E-state index is -0.0634. The monoisotopic (exact) mass is 324 g/mol. The molecule has 0 aliphatic rings. The van der Waals surface area contributed by atoms with Crippen molar-refractivity contribution < 1.29 is 10.2 Å². The number of phenols is 2. The predicted molar refractivity (Wildman–Crippen MR) is 89.6 cm³/mol. The van der Waals surface area contributed by atoms with E-state index in [1.54, 1.807) is 16.8 Å². The van der Waals surface area contributed by atoms with Crippen LogP contribution in [0.2, 0.25) is 0 Å². The molecule has 0 aliphatic heterocycles. The van der Waals surface area contributed by atoms with Gasteiger partial charge in [0.25, 0.3) is 0 Å². The first-order valence-corrected chi connectivity index (χ1v) is 7.19. The van der Waals surface area contributed by atoms with Crippen LogP contribution in [0.25, 0.3) is 5.82 Å². The number of aromatic hydroxyl groups is 2. The van der Waals surface area contributed by atoms with Gasteiger partial charge in [0.05, 0.1) is 11.9 Å². The molecular weight excluding hydrogens is 308 g/mol. The Hall–Kier alpha value is -3.42. The Kier molecular flexibility index (Phi) is 4.11. The Bertz CT molecular complexity index is 903. The Labute approximate surface area is 138 Å². The largest absolute Gasteiger partial charge is 0.508 e. The van der Waals surface area contributed by atoms with Gasteiger partial charge in [-0.05, 0) is 32.0 Å². The Balaban J connectivity index is 1.77. The molecule has 0 saturated carbocycles.